The van der Waals surface area contributed by atoms with Crippen molar-refractivity contribution in [2.45, 2.75) is 18.7 Å². The maximum absolute atomic E-state index is 11.3. The molecule has 1 aromatic rings. The third-order valence-electron chi connectivity index (χ3n) is 2.11. The predicted octanol–water partition coefficient (Wildman–Crippen LogP) is 0.784. The molecule has 0 aromatic heterocycles. The molecule has 0 bridgehead atoms. The van der Waals surface area contributed by atoms with Crippen LogP contribution in [-0.2, 0) is 10.0 Å². The Hall–Kier alpha value is -1.60. The van der Waals surface area contributed by atoms with Crippen molar-refractivity contribution in [2.75, 3.05) is 11.9 Å². The molecule has 0 saturated carbocycles. The van der Waals surface area contributed by atoms with E-state index in [-0.39, 0.29) is 10.9 Å². The van der Waals surface area contributed by atoms with Crippen molar-refractivity contribution in [1.82, 2.24) is 5.32 Å². The number of benzene rings is 1. The average Bonchev–Trinajstić information content (AvgIpc) is 2.20. The third kappa shape index (κ3) is 3.72. The van der Waals surface area contributed by atoms with Crippen LogP contribution in [0, 0.1) is 6.92 Å². The molecule has 0 aliphatic carbocycles. The van der Waals surface area contributed by atoms with Crippen LogP contribution < -0.4 is 15.8 Å². The summed E-state index contributed by atoms with van der Waals surface area (Å²) >= 11 is 0. The topological polar surface area (TPSA) is 101 Å². The molecule has 94 valence electrons. The van der Waals surface area contributed by atoms with Crippen LogP contribution in [0.4, 0.5) is 10.5 Å². The molecule has 0 spiro atoms. The molecular weight excluding hydrogens is 242 g/mol. The Morgan fingerprint density at radius 2 is 2.06 bits per heavy atom. The van der Waals surface area contributed by atoms with Crippen molar-refractivity contribution in [3.8, 4) is 0 Å². The molecule has 0 aliphatic rings. The maximum Gasteiger partial charge on any atom is 0.319 e. The van der Waals surface area contributed by atoms with Crippen molar-refractivity contribution in [1.29, 1.82) is 0 Å². The van der Waals surface area contributed by atoms with Crippen molar-refractivity contribution in [2.24, 2.45) is 5.14 Å². The minimum atomic E-state index is -3.71. The van der Waals surface area contributed by atoms with Crippen LogP contribution in [0.25, 0.3) is 0 Å². The molecule has 17 heavy (non-hydrogen) atoms. The first-order valence-electron chi connectivity index (χ1n) is 5.03. The highest BCUT2D eigenvalue weighted by molar-refractivity contribution is 7.89. The van der Waals surface area contributed by atoms with E-state index in [1.165, 1.54) is 18.2 Å². The zero-order valence-corrected chi connectivity index (χ0v) is 10.5. The van der Waals surface area contributed by atoms with E-state index in [1.54, 1.807) is 13.8 Å². The van der Waals surface area contributed by atoms with Gasteiger partial charge < -0.3 is 10.6 Å². The van der Waals surface area contributed by atoms with Crippen LogP contribution >= 0.6 is 0 Å². The van der Waals surface area contributed by atoms with Gasteiger partial charge in [-0.1, -0.05) is 0 Å². The molecule has 4 N–H and O–H groups in total. The fourth-order valence-corrected chi connectivity index (χ4v) is 1.88. The Labute approximate surface area is 100 Å². The second-order valence-corrected chi connectivity index (χ2v) is 5.07. The van der Waals surface area contributed by atoms with Gasteiger partial charge in [0.15, 0.2) is 0 Å². The van der Waals surface area contributed by atoms with Gasteiger partial charge >= 0.3 is 6.03 Å². The van der Waals surface area contributed by atoms with E-state index in [1.807, 2.05) is 0 Å². The molecule has 0 atom stereocenters. The molecule has 0 heterocycles. The van der Waals surface area contributed by atoms with Gasteiger partial charge in [-0.2, -0.15) is 0 Å². The lowest BCUT2D eigenvalue weighted by atomic mass is 10.2. The molecule has 0 aliphatic heterocycles. The van der Waals surface area contributed by atoms with Crippen molar-refractivity contribution in [3.05, 3.63) is 23.8 Å². The highest BCUT2D eigenvalue weighted by Crippen LogP contribution is 2.18. The first-order valence-corrected chi connectivity index (χ1v) is 6.57. The molecule has 2 amide bonds. The van der Waals surface area contributed by atoms with E-state index in [4.69, 9.17) is 5.14 Å². The second kappa shape index (κ2) is 5.15. The normalized spacial score (nSPS) is 11.0. The summed E-state index contributed by atoms with van der Waals surface area (Å²) in [6, 6.07) is 3.93. The standard InChI is InChI=1S/C10H15N3O3S/c1-3-12-10(14)13-9-5-4-8(6-7(9)2)17(11,15)16/h4-6H,3H2,1-2H3,(H2,11,15,16)(H2,12,13,14). The van der Waals surface area contributed by atoms with Gasteiger partial charge in [0.25, 0.3) is 0 Å². The smallest absolute Gasteiger partial charge is 0.319 e. The van der Waals surface area contributed by atoms with E-state index in [0.29, 0.717) is 17.8 Å². The molecule has 0 saturated heterocycles. The fraction of sp³-hybridized carbons (Fsp3) is 0.300. The number of primary sulfonamides is 1. The number of sulfonamides is 1. The SMILES string of the molecule is CCNC(=O)Nc1ccc(S(N)(=O)=O)cc1C. The number of urea groups is 1. The highest BCUT2D eigenvalue weighted by Gasteiger charge is 2.10. The lowest BCUT2D eigenvalue weighted by molar-refractivity contribution is 0.252. The summed E-state index contributed by atoms with van der Waals surface area (Å²) in [5.74, 6) is 0. The van der Waals surface area contributed by atoms with E-state index >= 15 is 0 Å². The highest BCUT2D eigenvalue weighted by atomic mass is 32.2. The summed E-state index contributed by atoms with van der Waals surface area (Å²) in [5, 5.41) is 10.2. The van der Waals surface area contributed by atoms with Gasteiger partial charge in [-0.25, -0.2) is 18.4 Å². The van der Waals surface area contributed by atoms with Gasteiger partial charge in [0.05, 0.1) is 4.90 Å². The summed E-state index contributed by atoms with van der Waals surface area (Å²) < 4.78 is 22.2. The number of nitrogens with one attached hydrogen (secondary N) is 2. The average molecular weight is 257 g/mol. The number of hydrogen-bond donors (Lipinski definition) is 3. The van der Waals surface area contributed by atoms with Gasteiger partial charge in [0.2, 0.25) is 10.0 Å². The van der Waals surface area contributed by atoms with E-state index in [9.17, 15) is 13.2 Å². The first kappa shape index (κ1) is 13.5. The lowest BCUT2D eigenvalue weighted by Crippen LogP contribution is -2.28. The van der Waals surface area contributed by atoms with Crippen molar-refractivity contribution >= 4 is 21.7 Å². The summed E-state index contributed by atoms with van der Waals surface area (Å²) in [6.07, 6.45) is 0. The van der Waals surface area contributed by atoms with Gasteiger partial charge in [-0.05, 0) is 37.6 Å². The fourth-order valence-electron chi connectivity index (χ4n) is 1.28. The van der Waals surface area contributed by atoms with Crippen LogP contribution in [0.15, 0.2) is 23.1 Å². The first-order chi connectivity index (χ1) is 7.84. The number of anilines is 1. The molecule has 0 unspecified atom stereocenters. The molecule has 7 heteroatoms. The number of hydrogen-bond acceptors (Lipinski definition) is 3. The second-order valence-electron chi connectivity index (χ2n) is 3.51. The van der Waals surface area contributed by atoms with Gasteiger partial charge in [-0.3, -0.25) is 0 Å². The summed E-state index contributed by atoms with van der Waals surface area (Å²) in [4.78, 5) is 11.3. The Morgan fingerprint density at radius 3 is 2.53 bits per heavy atom. The summed E-state index contributed by atoms with van der Waals surface area (Å²) in [5.41, 5.74) is 1.17. The Kier molecular flexibility index (Phi) is 4.08. The number of nitrogens with two attached hydrogens (primary N) is 1. The maximum atomic E-state index is 11.3. The molecular formula is C10H15N3O3S. The van der Waals surface area contributed by atoms with Gasteiger partial charge in [-0.15, -0.1) is 0 Å². The summed E-state index contributed by atoms with van der Waals surface area (Å²) in [7, 11) is -3.71. The molecule has 6 nitrogen and oxygen atoms in total. The molecule has 1 rings (SSSR count). The Balaban J connectivity index is 2.95. The van der Waals surface area contributed by atoms with Crippen molar-refractivity contribution in [3.63, 3.8) is 0 Å². The lowest BCUT2D eigenvalue weighted by Gasteiger charge is -2.09. The number of carbonyl (C=O) groups is 1. The Morgan fingerprint density at radius 1 is 1.41 bits per heavy atom. The van der Waals surface area contributed by atoms with Crippen LogP contribution in [0.5, 0.6) is 0 Å². The third-order valence-corrected chi connectivity index (χ3v) is 3.02. The quantitative estimate of drug-likeness (QED) is 0.745. The number of aryl methyl sites for hydroxylation is 1. The van der Waals surface area contributed by atoms with Crippen LogP contribution in [-0.4, -0.2) is 21.0 Å². The monoisotopic (exact) mass is 257 g/mol. The van der Waals surface area contributed by atoms with Crippen LogP contribution in [0.1, 0.15) is 12.5 Å². The largest absolute Gasteiger partial charge is 0.338 e. The van der Waals surface area contributed by atoms with Gasteiger partial charge in [0, 0.05) is 12.2 Å². The molecule has 1 aromatic carbocycles. The zero-order chi connectivity index (χ0) is 13.1. The number of rotatable bonds is 3. The van der Waals surface area contributed by atoms with Crippen LogP contribution in [0.3, 0.4) is 0 Å². The van der Waals surface area contributed by atoms with Gasteiger partial charge in [0.1, 0.15) is 0 Å². The zero-order valence-electron chi connectivity index (χ0n) is 9.65. The molecule has 0 fully saturated rings. The van der Waals surface area contributed by atoms with Crippen molar-refractivity contribution < 1.29 is 13.2 Å². The minimum absolute atomic E-state index is 0.0245. The number of carbonyl (C=O) groups excluding carboxylic acids is 1. The van der Waals surface area contributed by atoms with Crippen LogP contribution in [0.2, 0.25) is 0 Å². The predicted molar refractivity (Wildman–Crippen MR) is 65.2 cm³/mol. The minimum Gasteiger partial charge on any atom is -0.338 e. The Bertz CT molecular complexity index is 526. The number of amides is 2. The van der Waals surface area contributed by atoms with E-state index < -0.39 is 10.0 Å². The summed E-state index contributed by atoms with van der Waals surface area (Å²) in [6.45, 7) is 4.01. The van der Waals surface area contributed by atoms with E-state index in [2.05, 4.69) is 10.6 Å². The molecule has 0 radical (unpaired) electrons. The van der Waals surface area contributed by atoms with E-state index in [0.717, 1.165) is 0 Å².